The number of likely N-dealkylation sites (tertiary alicyclic amines) is 1. The number of benzene rings is 2. The molecule has 2 aromatic rings. The predicted octanol–water partition coefficient (Wildman–Crippen LogP) is 5.05. The SMILES string of the molecule is CCC(CC)(CNC(=O)C1CCN(Cc2ccc(F)cc2)CC1)c1ccc(F)cc1. The fourth-order valence-electron chi connectivity index (χ4n) is 4.42. The molecule has 0 unspecified atom stereocenters. The summed E-state index contributed by atoms with van der Waals surface area (Å²) in [7, 11) is 0. The highest BCUT2D eigenvalue weighted by molar-refractivity contribution is 5.78. The molecule has 0 atom stereocenters. The summed E-state index contributed by atoms with van der Waals surface area (Å²) in [6, 6.07) is 13.3. The Hall–Kier alpha value is -2.27. The van der Waals surface area contributed by atoms with E-state index in [9.17, 15) is 13.6 Å². The van der Waals surface area contributed by atoms with Crippen LogP contribution in [0.5, 0.6) is 0 Å². The number of rotatable bonds is 8. The Morgan fingerprint density at radius 3 is 2.03 bits per heavy atom. The minimum absolute atomic E-state index is 0.0223. The summed E-state index contributed by atoms with van der Waals surface area (Å²) in [5, 5.41) is 3.19. The van der Waals surface area contributed by atoms with Crippen LogP contribution in [-0.4, -0.2) is 30.4 Å². The number of carbonyl (C=O) groups is 1. The molecular formula is C25H32F2N2O. The second-order valence-corrected chi connectivity index (χ2v) is 8.39. The molecule has 0 bridgehead atoms. The van der Waals surface area contributed by atoms with Crippen LogP contribution in [0.25, 0.3) is 0 Å². The van der Waals surface area contributed by atoms with Crippen LogP contribution < -0.4 is 5.32 Å². The van der Waals surface area contributed by atoms with Crippen LogP contribution >= 0.6 is 0 Å². The van der Waals surface area contributed by atoms with Crippen LogP contribution in [0, 0.1) is 17.6 Å². The fourth-order valence-corrected chi connectivity index (χ4v) is 4.42. The van der Waals surface area contributed by atoms with Crippen molar-refractivity contribution < 1.29 is 13.6 Å². The molecule has 1 aliphatic rings. The molecule has 0 spiro atoms. The summed E-state index contributed by atoms with van der Waals surface area (Å²) in [4.78, 5) is 15.2. The third kappa shape index (κ3) is 5.45. The Morgan fingerprint density at radius 1 is 0.967 bits per heavy atom. The van der Waals surface area contributed by atoms with Crippen molar-refractivity contribution in [1.82, 2.24) is 10.2 Å². The van der Waals surface area contributed by atoms with Gasteiger partial charge in [0.1, 0.15) is 11.6 Å². The summed E-state index contributed by atoms with van der Waals surface area (Å²) in [6.45, 7) is 7.31. The van der Waals surface area contributed by atoms with E-state index in [4.69, 9.17) is 0 Å². The lowest BCUT2D eigenvalue weighted by Crippen LogP contribution is -2.45. The molecule has 30 heavy (non-hydrogen) atoms. The van der Waals surface area contributed by atoms with Crippen LogP contribution in [-0.2, 0) is 16.8 Å². The highest BCUT2D eigenvalue weighted by Crippen LogP contribution is 2.31. The average Bonchev–Trinajstić information content (AvgIpc) is 2.77. The molecular weight excluding hydrogens is 382 g/mol. The van der Waals surface area contributed by atoms with E-state index >= 15 is 0 Å². The van der Waals surface area contributed by atoms with Gasteiger partial charge in [0.25, 0.3) is 0 Å². The molecule has 3 nitrogen and oxygen atoms in total. The average molecular weight is 415 g/mol. The van der Waals surface area contributed by atoms with Crippen molar-refractivity contribution in [2.24, 2.45) is 5.92 Å². The summed E-state index contributed by atoms with van der Waals surface area (Å²) in [5.41, 5.74) is 1.99. The first kappa shape index (κ1) is 22.4. The molecule has 1 aliphatic heterocycles. The largest absolute Gasteiger partial charge is 0.355 e. The van der Waals surface area contributed by atoms with Gasteiger partial charge in [-0.15, -0.1) is 0 Å². The molecule has 0 saturated carbocycles. The first-order chi connectivity index (χ1) is 14.5. The minimum atomic E-state index is -0.240. The Balaban J connectivity index is 1.52. The zero-order valence-electron chi connectivity index (χ0n) is 18.0. The molecule has 5 heteroatoms. The van der Waals surface area contributed by atoms with E-state index in [0.717, 1.165) is 56.4 Å². The monoisotopic (exact) mass is 414 g/mol. The molecule has 1 fully saturated rings. The lowest BCUT2D eigenvalue weighted by atomic mass is 9.75. The maximum Gasteiger partial charge on any atom is 0.223 e. The summed E-state index contributed by atoms with van der Waals surface area (Å²) in [6.07, 6.45) is 3.42. The number of nitrogens with zero attached hydrogens (tertiary/aromatic N) is 1. The topological polar surface area (TPSA) is 32.3 Å². The number of halogens is 2. The molecule has 1 amide bonds. The van der Waals surface area contributed by atoms with Crippen molar-refractivity contribution in [1.29, 1.82) is 0 Å². The van der Waals surface area contributed by atoms with Crippen molar-refractivity contribution in [3.63, 3.8) is 0 Å². The van der Waals surface area contributed by atoms with Crippen LogP contribution in [0.3, 0.4) is 0 Å². The van der Waals surface area contributed by atoms with Gasteiger partial charge < -0.3 is 5.32 Å². The zero-order chi connectivity index (χ0) is 21.6. The van der Waals surface area contributed by atoms with Gasteiger partial charge in [-0.2, -0.15) is 0 Å². The maximum absolute atomic E-state index is 13.3. The van der Waals surface area contributed by atoms with Crippen molar-refractivity contribution in [2.75, 3.05) is 19.6 Å². The third-order valence-corrected chi connectivity index (χ3v) is 6.69. The first-order valence-corrected chi connectivity index (χ1v) is 11.0. The predicted molar refractivity (Wildman–Crippen MR) is 116 cm³/mol. The number of piperidine rings is 1. The van der Waals surface area contributed by atoms with E-state index in [1.54, 1.807) is 0 Å². The Kier molecular flexibility index (Phi) is 7.59. The van der Waals surface area contributed by atoms with Gasteiger partial charge in [-0.1, -0.05) is 38.1 Å². The van der Waals surface area contributed by atoms with E-state index in [0.29, 0.717) is 6.54 Å². The fraction of sp³-hybridized carbons (Fsp3) is 0.480. The highest BCUT2D eigenvalue weighted by Gasteiger charge is 2.31. The Bertz CT molecular complexity index is 808. The number of nitrogens with one attached hydrogen (secondary N) is 1. The normalized spacial score (nSPS) is 15.9. The van der Waals surface area contributed by atoms with Gasteiger partial charge in [0.05, 0.1) is 0 Å². The van der Waals surface area contributed by atoms with Crippen molar-refractivity contribution in [2.45, 2.75) is 51.5 Å². The molecule has 0 aliphatic carbocycles. The molecule has 2 aromatic carbocycles. The summed E-state index contributed by atoms with van der Waals surface area (Å²) >= 11 is 0. The molecule has 1 N–H and O–H groups in total. The second kappa shape index (κ2) is 10.2. The van der Waals surface area contributed by atoms with E-state index in [-0.39, 0.29) is 28.9 Å². The van der Waals surface area contributed by atoms with Gasteiger partial charge in [-0.3, -0.25) is 9.69 Å². The molecule has 3 rings (SSSR count). The van der Waals surface area contributed by atoms with Gasteiger partial charge in [-0.25, -0.2) is 8.78 Å². The van der Waals surface area contributed by atoms with E-state index < -0.39 is 0 Å². The van der Waals surface area contributed by atoms with Crippen molar-refractivity contribution in [3.8, 4) is 0 Å². The van der Waals surface area contributed by atoms with Gasteiger partial charge in [0.2, 0.25) is 5.91 Å². The number of hydrogen-bond acceptors (Lipinski definition) is 2. The number of carbonyl (C=O) groups excluding carboxylic acids is 1. The number of hydrogen-bond donors (Lipinski definition) is 1. The lowest BCUT2D eigenvalue weighted by molar-refractivity contribution is -0.126. The quantitative estimate of drug-likeness (QED) is 0.656. The third-order valence-electron chi connectivity index (χ3n) is 6.69. The van der Waals surface area contributed by atoms with Crippen LogP contribution in [0.15, 0.2) is 48.5 Å². The molecule has 1 heterocycles. The molecule has 0 aromatic heterocycles. The second-order valence-electron chi connectivity index (χ2n) is 8.39. The van der Waals surface area contributed by atoms with Gasteiger partial charge in [0.15, 0.2) is 0 Å². The van der Waals surface area contributed by atoms with Gasteiger partial charge in [-0.05, 0) is 74.2 Å². The van der Waals surface area contributed by atoms with E-state index in [2.05, 4.69) is 24.1 Å². The van der Waals surface area contributed by atoms with Crippen LogP contribution in [0.4, 0.5) is 8.78 Å². The standard InChI is InChI=1S/C25H32F2N2O/c1-3-25(4-2,21-7-11-23(27)12-8-21)18-28-24(30)20-13-15-29(16-14-20)17-19-5-9-22(26)10-6-19/h5-12,20H,3-4,13-18H2,1-2H3,(H,28,30). The highest BCUT2D eigenvalue weighted by atomic mass is 19.1. The zero-order valence-corrected chi connectivity index (χ0v) is 18.0. The lowest BCUT2D eigenvalue weighted by Gasteiger charge is -2.35. The molecule has 0 radical (unpaired) electrons. The van der Waals surface area contributed by atoms with Crippen LogP contribution in [0.1, 0.15) is 50.7 Å². The van der Waals surface area contributed by atoms with E-state index in [1.807, 2.05) is 24.3 Å². The molecule has 1 saturated heterocycles. The Labute approximate surface area is 178 Å². The smallest absolute Gasteiger partial charge is 0.223 e. The van der Waals surface area contributed by atoms with E-state index in [1.165, 1.54) is 24.3 Å². The summed E-state index contributed by atoms with van der Waals surface area (Å²) in [5.74, 6) is -0.319. The number of amides is 1. The van der Waals surface area contributed by atoms with Gasteiger partial charge in [0, 0.05) is 24.4 Å². The first-order valence-electron chi connectivity index (χ1n) is 11.0. The Morgan fingerprint density at radius 2 is 1.50 bits per heavy atom. The molecule has 162 valence electrons. The van der Waals surface area contributed by atoms with Crippen molar-refractivity contribution in [3.05, 3.63) is 71.3 Å². The minimum Gasteiger partial charge on any atom is -0.355 e. The maximum atomic E-state index is 13.3. The van der Waals surface area contributed by atoms with Gasteiger partial charge >= 0.3 is 0 Å². The van der Waals surface area contributed by atoms with Crippen LogP contribution in [0.2, 0.25) is 0 Å². The van der Waals surface area contributed by atoms with Crippen molar-refractivity contribution >= 4 is 5.91 Å². The summed E-state index contributed by atoms with van der Waals surface area (Å²) < 4.78 is 26.4.